The van der Waals surface area contributed by atoms with Crippen LogP contribution in [0.5, 0.6) is 0 Å². The Morgan fingerprint density at radius 1 is 1.00 bits per heavy atom. The van der Waals surface area contributed by atoms with Crippen LogP contribution in [0.4, 0.5) is 0 Å². The first-order chi connectivity index (χ1) is 9.77. The number of aryl methyl sites for hydroxylation is 1. The van der Waals surface area contributed by atoms with Crippen molar-refractivity contribution >= 4 is 0 Å². The zero-order valence-corrected chi connectivity index (χ0v) is 13.2. The molecule has 3 nitrogen and oxygen atoms in total. The van der Waals surface area contributed by atoms with Crippen molar-refractivity contribution in [2.45, 2.75) is 32.1 Å². The number of hydrogen-bond acceptors (Lipinski definition) is 3. The Morgan fingerprint density at radius 2 is 1.70 bits per heavy atom. The highest BCUT2D eigenvalue weighted by Gasteiger charge is 2.10. The summed E-state index contributed by atoms with van der Waals surface area (Å²) in [5.74, 6) is 0.573. The lowest BCUT2D eigenvalue weighted by Crippen LogP contribution is -2.25. The van der Waals surface area contributed by atoms with Crippen molar-refractivity contribution in [3.8, 4) is 0 Å². The molecule has 0 saturated carbocycles. The second-order valence-corrected chi connectivity index (χ2v) is 5.29. The van der Waals surface area contributed by atoms with Crippen LogP contribution in [0.15, 0.2) is 24.3 Å². The summed E-state index contributed by atoms with van der Waals surface area (Å²) >= 11 is 0. The molecule has 0 amide bonds. The molecule has 1 aromatic carbocycles. The molecule has 1 rings (SSSR count). The lowest BCUT2D eigenvalue weighted by Gasteiger charge is -2.18. The van der Waals surface area contributed by atoms with Gasteiger partial charge in [0.25, 0.3) is 0 Å². The number of ether oxygens (including phenoxy) is 2. The largest absolute Gasteiger partial charge is 0.385 e. The molecule has 0 aliphatic rings. The van der Waals surface area contributed by atoms with Crippen molar-refractivity contribution in [2.24, 2.45) is 0 Å². The van der Waals surface area contributed by atoms with Gasteiger partial charge >= 0.3 is 0 Å². The van der Waals surface area contributed by atoms with Gasteiger partial charge in [-0.25, -0.2) is 0 Å². The second-order valence-electron chi connectivity index (χ2n) is 5.29. The number of nitrogens with one attached hydrogen (secondary N) is 1. The summed E-state index contributed by atoms with van der Waals surface area (Å²) in [4.78, 5) is 0. The molecule has 1 atom stereocenters. The summed E-state index contributed by atoms with van der Waals surface area (Å²) in [5.41, 5.74) is 2.75. The predicted octanol–water partition coefficient (Wildman–Crippen LogP) is 3.13. The zero-order valence-electron chi connectivity index (χ0n) is 13.2. The van der Waals surface area contributed by atoms with Crippen LogP contribution in [0.1, 0.15) is 36.3 Å². The third-order valence-electron chi connectivity index (χ3n) is 3.57. The normalized spacial score (nSPS) is 12.6. The molecule has 0 aliphatic carbocycles. The number of rotatable bonds is 11. The monoisotopic (exact) mass is 279 g/mol. The lowest BCUT2D eigenvalue weighted by molar-refractivity contribution is 0.190. The minimum absolute atomic E-state index is 0.573. The Hall–Kier alpha value is -0.900. The molecule has 0 aliphatic heterocycles. The average Bonchev–Trinajstić information content (AvgIpc) is 2.47. The van der Waals surface area contributed by atoms with Gasteiger partial charge in [-0.3, -0.25) is 0 Å². The highest BCUT2D eigenvalue weighted by molar-refractivity contribution is 5.24. The Balaban J connectivity index is 2.47. The zero-order chi connectivity index (χ0) is 14.6. The lowest BCUT2D eigenvalue weighted by atomic mass is 9.93. The Labute approximate surface area is 123 Å². The van der Waals surface area contributed by atoms with Crippen LogP contribution >= 0.6 is 0 Å². The van der Waals surface area contributed by atoms with Gasteiger partial charge in [-0.05, 0) is 31.2 Å². The van der Waals surface area contributed by atoms with E-state index in [1.807, 2.05) is 0 Å². The van der Waals surface area contributed by atoms with Crippen LogP contribution in [0, 0.1) is 6.92 Å². The Morgan fingerprint density at radius 3 is 2.35 bits per heavy atom. The van der Waals surface area contributed by atoms with E-state index < -0.39 is 0 Å². The van der Waals surface area contributed by atoms with Gasteiger partial charge in [-0.1, -0.05) is 36.2 Å². The quantitative estimate of drug-likeness (QED) is 0.631. The SMILES string of the molecule is COCCCCC(CNCCOC)c1ccc(C)cc1. The molecular formula is C17H29NO2. The molecule has 0 heterocycles. The first-order valence-corrected chi connectivity index (χ1v) is 7.53. The van der Waals surface area contributed by atoms with E-state index in [1.54, 1.807) is 14.2 Å². The minimum atomic E-state index is 0.573. The predicted molar refractivity (Wildman–Crippen MR) is 84.4 cm³/mol. The Kier molecular flexibility index (Phi) is 9.29. The van der Waals surface area contributed by atoms with Crippen LogP contribution in [0.3, 0.4) is 0 Å². The first kappa shape index (κ1) is 17.2. The van der Waals surface area contributed by atoms with Crippen molar-refractivity contribution < 1.29 is 9.47 Å². The maximum atomic E-state index is 5.13. The third kappa shape index (κ3) is 7.04. The minimum Gasteiger partial charge on any atom is -0.385 e. The van der Waals surface area contributed by atoms with Gasteiger partial charge in [0, 0.05) is 33.9 Å². The average molecular weight is 279 g/mol. The number of unbranched alkanes of at least 4 members (excludes halogenated alkanes) is 1. The van der Waals surface area contributed by atoms with Gasteiger partial charge in [0.15, 0.2) is 0 Å². The summed E-state index contributed by atoms with van der Waals surface area (Å²) in [6.07, 6.45) is 3.54. The second kappa shape index (κ2) is 10.8. The van der Waals surface area contributed by atoms with Gasteiger partial charge in [-0.2, -0.15) is 0 Å². The van der Waals surface area contributed by atoms with E-state index in [0.717, 1.165) is 32.7 Å². The molecule has 0 aromatic heterocycles. The van der Waals surface area contributed by atoms with E-state index in [-0.39, 0.29) is 0 Å². The Bertz CT molecular complexity index is 325. The summed E-state index contributed by atoms with van der Waals surface area (Å²) in [6, 6.07) is 8.92. The molecule has 0 spiro atoms. The highest BCUT2D eigenvalue weighted by Crippen LogP contribution is 2.22. The van der Waals surface area contributed by atoms with E-state index in [9.17, 15) is 0 Å². The van der Waals surface area contributed by atoms with Crippen molar-refractivity contribution in [2.75, 3.05) is 40.5 Å². The van der Waals surface area contributed by atoms with E-state index in [4.69, 9.17) is 9.47 Å². The molecule has 3 heteroatoms. The summed E-state index contributed by atoms with van der Waals surface area (Å²) in [5, 5.41) is 3.48. The van der Waals surface area contributed by atoms with Crippen molar-refractivity contribution in [1.82, 2.24) is 5.32 Å². The fourth-order valence-electron chi connectivity index (χ4n) is 2.31. The molecular weight excluding hydrogens is 250 g/mol. The van der Waals surface area contributed by atoms with Crippen LogP contribution in [-0.4, -0.2) is 40.5 Å². The maximum Gasteiger partial charge on any atom is 0.0587 e. The van der Waals surface area contributed by atoms with E-state index in [2.05, 4.69) is 36.5 Å². The molecule has 1 N–H and O–H groups in total. The molecule has 114 valence electrons. The van der Waals surface area contributed by atoms with Gasteiger partial charge in [0.05, 0.1) is 6.61 Å². The van der Waals surface area contributed by atoms with Crippen LogP contribution < -0.4 is 5.32 Å². The topological polar surface area (TPSA) is 30.5 Å². The summed E-state index contributed by atoms with van der Waals surface area (Å²) in [7, 11) is 3.51. The fraction of sp³-hybridized carbons (Fsp3) is 0.647. The molecule has 0 radical (unpaired) electrons. The molecule has 1 unspecified atom stereocenters. The molecule has 0 saturated heterocycles. The number of methoxy groups -OCH3 is 2. The van der Waals surface area contributed by atoms with E-state index in [1.165, 1.54) is 24.0 Å². The molecule has 20 heavy (non-hydrogen) atoms. The van der Waals surface area contributed by atoms with Crippen molar-refractivity contribution in [1.29, 1.82) is 0 Å². The highest BCUT2D eigenvalue weighted by atomic mass is 16.5. The van der Waals surface area contributed by atoms with Crippen molar-refractivity contribution in [3.63, 3.8) is 0 Å². The van der Waals surface area contributed by atoms with Crippen LogP contribution in [0.2, 0.25) is 0 Å². The molecule has 0 bridgehead atoms. The van der Waals surface area contributed by atoms with Crippen molar-refractivity contribution in [3.05, 3.63) is 35.4 Å². The first-order valence-electron chi connectivity index (χ1n) is 7.53. The third-order valence-corrected chi connectivity index (χ3v) is 3.57. The summed E-state index contributed by atoms with van der Waals surface area (Å²) in [6.45, 7) is 5.69. The van der Waals surface area contributed by atoms with E-state index >= 15 is 0 Å². The molecule has 0 fully saturated rings. The van der Waals surface area contributed by atoms with Crippen LogP contribution in [-0.2, 0) is 9.47 Å². The standard InChI is InChI=1S/C17H29NO2/c1-15-7-9-16(10-8-15)17(6-4-5-12-19-2)14-18-11-13-20-3/h7-10,17-18H,4-6,11-14H2,1-3H3. The maximum absolute atomic E-state index is 5.13. The van der Waals surface area contributed by atoms with Gasteiger partial charge in [0.1, 0.15) is 0 Å². The van der Waals surface area contributed by atoms with Crippen LogP contribution in [0.25, 0.3) is 0 Å². The number of hydrogen-bond donors (Lipinski definition) is 1. The summed E-state index contributed by atoms with van der Waals surface area (Å²) < 4.78 is 10.2. The van der Waals surface area contributed by atoms with E-state index in [0.29, 0.717) is 5.92 Å². The van der Waals surface area contributed by atoms with Gasteiger partial charge < -0.3 is 14.8 Å². The smallest absolute Gasteiger partial charge is 0.0587 e. The van der Waals surface area contributed by atoms with Gasteiger partial charge in [-0.15, -0.1) is 0 Å². The number of benzene rings is 1. The van der Waals surface area contributed by atoms with Gasteiger partial charge in [0.2, 0.25) is 0 Å². The molecule has 1 aromatic rings. The fourth-order valence-corrected chi connectivity index (χ4v) is 2.31.